The summed E-state index contributed by atoms with van der Waals surface area (Å²) in [4.78, 5) is 15.3. The highest BCUT2D eigenvalue weighted by atomic mass is 19.1. The van der Waals surface area contributed by atoms with Crippen LogP contribution < -0.4 is 0 Å². The average molecular weight is 289 g/mol. The van der Waals surface area contributed by atoms with Gasteiger partial charge in [0, 0.05) is 12.6 Å². The normalized spacial score (nSPS) is 25.0. The van der Waals surface area contributed by atoms with Gasteiger partial charge in [0.1, 0.15) is 5.82 Å². The van der Waals surface area contributed by atoms with Crippen LogP contribution in [0.3, 0.4) is 0 Å². The molecule has 1 unspecified atom stereocenters. The fourth-order valence-corrected chi connectivity index (χ4v) is 4.05. The number of carbonyl (C=O) groups is 1. The van der Waals surface area contributed by atoms with E-state index in [-0.39, 0.29) is 11.7 Å². The second kappa shape index (κ2) is 5.78. The van der Waals surface area contributed by atoms with E-state index in [1.54, 1.807) is 0 Å². The van der Waals surface area contributed by atoms with E-state index in [1.165, 1.54) is 18.6 Å². The molecule has 1 aliphatic heterocycles. The van der Waals surface area contributed by atoms with Gasteiger partial charge in [-0.15, -0.1) is 0 Å². The van der Waals surface area contributed by atoms with Crippen molar-refractivity contribution in [3.63, 3.8) is 0 Å². The lowest BCUT2D eigenvalue weighted by Gasteiger charge is -2.40. The highest BCUT2D eigenvalue weighted by molar-refractivity contribution is 5.89. The monoisotopic (exact) mass is 289 g/mol. The van der Waals surface area contributed by atoms with Gasteiger partial charge < -0.3 is 4.90 Å². The quantitative estimate of drug-likeness (QED) is 0.804. The van der Waals surface area contributed by atoms with Gasteiger partial charge in [0.25, 0.3) is 0 Å². The van der Waals surface area contributed by atoms with Crippen LogP contribution in [-0.4, -0.2) is 23.4 Å². The maximum absolute atomic E-state index is 13.3. The van der Waals surface area contributed by atoms with Gasteiger partial charge in [0.15, 0.2) is 0 Å². The lowest BCUT2D eigenvalue weighted by Crippen LogP contribution is -2.51. The highest BCUT2D eigenvalue weighted by Gasteiger charge is 2.46. The van der Waals surface area contributed by atoms with Crippen LogP contribution >= 0.6 is 0 Å². The average Bonchev–Trinajstić information content (AvgIpc) is 2.98. The van der Waals surface area contributed by atoms with Crippen LogP contribution in [0.25, 0.3) is 0 Å². The summed E-state index contributed by atoms with van der Waals surface area (Å²) in [7, 11) is 0. The first-order valence-electron chi connectivity index (χ1n) is 8.21. The van der Waals surface area contributed by atoms with Crippen molar-refractivity contribution >= 4 is 5.91 Å². The number of amides is 1. The molecule has 3 rings (SSSR count). The molecule has 1 saturated carbocycles. The van der Waals surface area contributed by atoms with E-state index in [2.05, 4.69) is 11.8 Å². The second-order valence-electron chi connectivity index (χ2n) is 6.64. The van der Waals surface area contributed by atoms with Crippen LogP contribution in [0.4, 0.5) is 4.39 Å². The molecule has 1 aromatic carbocycles. The van der Waals surface area contributed by atoms with Crippen LogP contribution in [0, 0.1) is 5.82 Å². The van der Waals surface area contributed by atoms with Crippen molar-refractivity contribution in [2.24, 2.45) is 0 Å². The Labute approximate surface area is 126 Å². The standard InChI is InChI=1S/C18H24FNO/c1-14-6-2-5-13-20(14)17(21)18(11-3-4-12-18)15-7-9-16(19)10-8-15/h7-10,14H,2-6,11-13H2,1H3. The van der Waals surface area contributed by atoms with E-state index >= 15 is 0 Å². The number of rotatable bonds is 2. The van der Waals surface area contributed by atoms with Crippen molar-refractivity contribution in [1.29, 1.82) is 0 Å². The minimum absolute atomic E-state index is 0.231. The first-order chi connectivity index (χ1) is 10.1. The largest absolute Gasteiger partial charge is 0.339 e. The van der Waals surface area contributed by atoms with E-state index in [4.69, 9.17) is 0 Å². The van der Waals surface area contributed by atoms with Gasteiger partial charge in [-0.2, -0.15) is 0 Å². The molecule has 21 heavy (non-hydrogen) atoms. The van der Waals surface area contributed by atoms with Crippen LogP contribution in [-0.2, 0) is 10.2 Å². The molecule has 0 spiro atoms. The summed E-state index contributed by atoms with van der Waals surface area (Å²) in [6.45, 7) is 3.04. The molecule has 1 saturated heterocycles. The number of likely N-dealkylation sites (tertiary alicyclic amines) is 1. The first-order valence-corrected chi connectivity index (χ1v) is 8.21. The van der Waals surface area contributed by atoms with Crippen molar-refractivity contribution in [1.82, 2.24) is 4.90 Å². The second-order valence-corrected chi connectivity index (χ2v) is 6.64. The van der Waals surface area contributed by atoms with Crippen LogP contribution in [0.15, 0.2) is 24.3 Å². The van der Waals surface area contributed by atoms with E-state index in [0.717, 1.165) is 50.6 Å². The fraction of sp³-hybridized carbons (Fsp3) is 0.611. The molecule has 2 fully saturated rings. The topological polar surface area (TPSA) is 20.3 Å². The zero-order chi connectivity index (χ0) is 14.9. The third kappa shape index (κ3) is 2.58. The minimum atomic E-state index is -0.403. The number of hydrogen-bond acceptors (Lipinski definition) is 1. The predicted molar refractivity (Wildman–Crippen MR) is 81.6 cm³/mol. The predicted octanol–water partition coefficient (Wildman–Crippen LogP) is 4.04. The molecule has 2 aliphatic rings. The van der Waals surface area contributed by atoms with Crippen molar-refractivity contribution in [3.8, 4) is 0 Å². The van der Waals surface area contributed by atoms with E-state index in [9.17, 15) is 9.18 Å². The summed E-state index contributed by atoms with van der Waals surface area (Å²) in [6, 6.07) is 6.94. The van der Waals surface area contributed by atoms with Crippen molar-refractivity contribution < 1.29 is 9.18 Å². The maximum Gasteiger partial charge on any atom is 0.233 e. The van der Waals surface area contributed by atoms with Crippen LogP contribution in [0.2, 0.25) is 0 Å². The molecule has 1 amide bonds. The Morgan fingerprint density at radius 3 is 2.43 bits per heavy atom. The molecule has 0 radical (unpaired) electrons. The molecule has 0 aromatic heterocycles. The van der Waals surface area contributed by atoms with Crippen LogP contribution in [0.1, 0.15) is 57.4 Å². The molecule has 2 nitrogen and oxygen atoms in total. The van der Waals surface area contributed by atoms with E-state index < -0.39 is 5.41 Å². The number of halogens is 1. The van der Waals surface area contributed by atoms with Crippen molar-refractivity contribution in [3.05, 3.63) is 35.6 Å². The highest BCUT2D eigenvalue weighted by Crippen LogP contribution is 2.43. The van der Waals surface area contributed by atoms with Gasteiger partial charge in [-0.25, -0.2) is 4.39 Å². The fourth-order valence-electron chi connectivity index (χ4n) is 4.05. The molecule has 0 bridgehead atoms. The Bertz CT molecular complexity index is 504. The molecule has 1 heterocycles. The lowest BCUT2D eigenvalue weighted by molar-refractivity contribution is -0.140. The van der Waals surface area contributed by atoms with Gasteiger partial charge in [-0.1, -0.05) is 25.0 Å². The van der Waals surface area contributed by atoms with Gasteiger partial charge >= 0.3 is 0 Å². The molecule has 3 heteroatoms. The summed E-state index contributed by atoms with van der Waals surface area (Å²) in [5.41, 5.74) is 0.600. The van der Waals surface area contributed by atoms with Crippen molar-refractivity contribution in [2.75, 3.05) is 6.54 Å². The summed E-state index contributed by atoms with van der Waals surface area (Å²) >= 11 is 0. The molecule has 1 aromatic rings. The van der Waals surface area contributed by atoms with E-state index in [0.29, 0.717) is 6.04 Å². The van der Waals surface area contributed by atoms with Crippen molar-refractivity contribution in [2.45, 2.75) is 63.3 Å². The molecular weight excluding hydrogens is 265 g/mol. The SMILES string of the molecule is CC1CCCCN1C(=O)C1(c2ccc(F)cc2)CCCC1. The first kappa shape index (κ1) is 14.6. The van der Waals surface area contributed by atoms with Gasteiger partial charge in [-0.3, -0.25) is 4.79 Å². The molecule has 1 aliphatic carbocycles. The van der Waals surface area contributed by atoms with Gasteiger partial charge in [-0.05, 0) is 56.7 Å². The van der Waals surface area contributed by atoms with Gasteiger partial charge in [0.2, 0.25) is 5.91 Å². The minimum Gasteiger partial charge on any atom is -0.339 e. The maximum atomic E-state index is 13.3. The molecule has 0 N–H and O–H groups in total. The Morgan fingerprint density at radius 1 is 1.14 bits per heavy atom. The Balaban J connectivity index is 1.93. The Morgan fingerprint density at radius 2 is 1.81 bits per heavy atom. The number of benzene rings is 1. The summed E-state index contributed by atoms with van der Waals surface area (Å²) < 4.78 is 13.2. The Kier molecular flexibility index (Phi) is 4.01. The number of piperidine rings is 1. The van der Waals surface area contributed by atoms with E-state index in [1.807, 2.05) is 12.1 Å². The molecule has 1 atom stereocenters. The lowest BCUT2D eigenvalue weighted by atomic mass is 9.77. The zero-order valence-electron chi connectivity index (χ0n) is 12.8. The summed E-state index contributed by atoms with van der Waals surface area (Å²) in [5, 5.41) is 0. The summed E-state index contributed by atoms with van der Waals surface area (Å²) in [6.07, 6.45) is 7.41. The number of hydrogen-bond donors (Lipinski definition) is 0. The molecular formula is C18H24FNO. The third-order valence-corrected chi connectivity index (χ3v) is 5.33. The Hall–Kier alpha value is -1.38. The number of nitrogens with zero attached hydrogens (tertiary/aromatic N) is 1. The van der Waals surface area contributed by atoms with Crippen LogP contribution in [0.5, 0.6) is 0 Å². The zero-order valence-corrected chi connectivity index (χ0v) is 12.8. The third-order valence-electron chi connectivity index (χ3n) is 5.33. The number of carbonyl (C=O) groups excluding carboxylic acids is 1. The molecule has 114 valence electrons. The summed E-state index contributed by atoms with van der Waals surface area (Å²) in [5.74, 6) is 0.0458. The van der Waals surface area contributed by atoms with Gasteiger partial charge in [0.05, 0.1) is 5.41 Å². The smallest absolute Gasteiger partial charge is 0.233 e.